The molecule has 0 aliphatic rings. The summed E-state index contributed by atoms with van der Waals surface area (Å²) >= 11 is 0. The molecule has 0 aliphatic heterocycles. The van der Waals surface area contributed by atoms with Crippen LogP contribution in [0.5, 0.6) is 5.75 Å². The standard InChI is InChI=1S/C32H41N3O5S/c1-6-7-19-33-32(37)30(21-26-14-9-8-10-15-26)34(22-27-16-12-17-28(20-27)40-4)31(36)23-35(41(5,38)39)29-18-11-13-24(2)25(29)3/h8-18,20,30H,6-7,19,21-23H2,1-5H3,(H,33,37). The van der Waals surface area contributed by atoms with Gasteiger partial charge in [-0.2, -0.15) is 0 Å². The molecule has 3 aromatic carbocycles. The maximum absolute atomic E-state index is 14.2. The van der Waals surface area contributed by atoms with Gasteiger partial charge in [-0.1, -0.05) is 67.9 Å². The third-order valence-corrected chi connectivity index (χ3v) is 8.24. The van der Waals surface area contributed by atoms with Crippen LogP contribution in [0.2, 0.25) is 0 Å². The van der Waals surface area contributed by atoms with Gasteiger partial charge in [-0.25, -0.2) is 8.42 Å². The van der Waals surface area contributed by atoms with E-state index in [1.54, 1.807) is 25.3 Å². The molecule has 1 unspecified atom stereocenters. The highest BCUT2D eigenvalue weighted by Gasteiger charge is 2.33. The Morgan fingerprint density at radius 1 is 0.951 bits per heavy atom. The second kappa shape index (κ2) is 14.7. The summed E-state index contributed by atoms with van der Waals surface area (Å²) in [6.45, 7) is 5.91. The van der Waals surface area contributed by atoms with Crippen LogP contribution >= 0.6 is 0 Å². The molecule has 0 aromatic heterocycles. The Labute approximate surface area is 244 Å². The van der Waals surface area contributed by atoms with Crippen molar-refractivity contribution in [3.05, 3.63) is 95.1 Å². The van der Waals surface area contributed by atoms with E-state index in [0.717, 1.165) is 45.7 Å². The summed E-state index contributed by atoms with van der Waals surface area (Å²) < 4.78 is 32.6. The Morgan fingerprint density at radius 3 is 2.29 bits per heavy atom. The molecule has 0 radical (unpaired) electrons. The van der Waals surface area contributed by atoms with Gasteiger partial charge in [0, 0.05) is 19.5 Å². The lowest BCUT2D eigenvalue weighted by Gasteiger charge is -2.34. The lowest BCUT2D eigenvalue weighted by atomic mass is 10.0. The maximum Gasteiger partial charge on any atom is 0.244 e. The number of anilines is 1. The first-order chi connectivity index (χ1) is 19.5. The molecule has 0 bridgehead atoms. The van der Waals surface area contributed by atoms with E-state index < -0.39 is 28.5 Å². The van der Waals surface area contributed by atoms with Crippen LogP contribution in [0, 0.1) is 13.8 Å². The van der Waals surface area contributed by atoms with E-state index in [4.69, 9.17) is 4.74 Å². The molecule has 1 atom stereocenters. The molecule has 2 amide bonds. The summed E-state index contributed by atoms with van der Waals surface area (Å²) in [5.74, 6) is -0.142. The number of amides is 2. The minimum Gasteiger partial charge on any atom is -0.497 e. The zero-order valence-corrected chi connectivity index (χ0v) is 25.4. The first-order valence-corrected chi connectivity index (χ1v) is 15.7. The number of benzene rings is 3. The van der Waals surface area contributed by atoms with Crippen molar-refractivity contribution in [2.75, 3.05) is 30.8 Å². The third-order valence-electron chi connectivity index (χ3n) is 7.11. The van der Waals surface area contributed by atoms with Crippen LogP contribution in [0.3, 0.4) is 0 Å². The van der Waals surface area contributed by atoms with Crippen LogP contribution in [-0.4, -0.2) is 57.6 Å². The molecule has 0 fully saturated rings. The van der Waals surface area contributed by atoms with Crippen LogP contribution in [0.4, 0.5) is 5.69 Å². The Bertz CT molecular complexity index is 1430. The lowest BCUT2D eigenvalue weighted by Crippen LogP contribution is -2.53. The highest BCUT2D eigenvalue weighted by molar-refractivity contribution is 7.92. The largest absolute Gasteiger partial charge is 0.497 e. The third kappa shape index (κ3) is 8.82. The number of sulfonamides is 1. The molecule has 3 rings (SSSR count). The zero-order valence-electron chi connectivity index (χ0n) is 24.6. The van der Waals surface area contributed by atoms with Gasteiger partial charge in [0.15, 0.2) is 0 Å². The molecule has 0 saturated heterocycles. The molecule has 220 valence electrons. The number of hydrogen-bond donors (Lipinski definition) is 1. The van der Waals surface area contributed by atoms with E-state index in [0.29, 0.717) is 18.0 Å². The van der Waals surface area contributed by atoms with Crippen molar-refractivity contribution in [2.45, 2.75) is 52.6 Å². The molecule has 41 heavy (non-hydrogen) atoms. The SMILES string of the molecule is CCCCNC(=O)C(Cc1ccccc1)N(Cc1cccc(OC)c1)C(=O)CN(c1cccc(C)c1C)S(C)(=O)=O. The van der Waals surface area contributed by atoms with E-state index in [2.05, 4.69) is 5.32 Å². The smallest absolute Gasteiger partial charge is 0.244 e. The molecule has 3 aromatic rings. The fraction of sp³-hybridized carbons (Fsp3) is 0.375. The molecular formula is C32H41N3O5S. The fourth-order valence-corrected chi connectivity index (χ4v) is 5.53. The normalized spacial score (nSPS) is 11.9. The van der Waals surface area contributed by atoms with Gasteiger partial charge in [-0.05, 0) is 60.7 Å². The van der Waals surface area contributed by atoms with Gasteiger partial charge >= 0.3 is 0 Å². The maximum atomic E-state index is 14.2. The molecular weight excluding hydrogens is 538 g/mol. The van der Waals surface area contributed by atoms with Crippen LogP contribution in [0.1, 0.15) is 42.0 Å². The summed E-state index contributed by atoms with van der Waals surface area (Å²) in [7, 11) is -2.26. The number of hydrogen-bond acceptors (Lipinski definition) is 5. The van der Waals surface area contributed by atoms with E-state index in [-0.39, 0.29) is 18.9 Å². The predicted molar refractivity (Wildman–Crippen MR) is 164 cm³/mol. The Morgan fingerprint density at radius 2 is 1.63 bits per heavy atom. The van der Waals surface area contributed by atoms with Crippen molar-refractivity contribution >= 4 is 27.5 Å². The Hall–Kier alpha value is -3.85. The number of carbonyl (C=O) groups excluding carboxylic acids is 2. The van der Waals surface area contributed by atoms with Crippen molar-refractivity contribution < 1.29 is 22.7 Å². The minimum atomic E-state index is -3.83. The van der Waals surface area contributed by atoms with Crippen molar-refractivity contribution in [1.82, 2.24) is 10.2 Å². The number of ether oxygens (including phenoxy) is 1. The van der Waals surface area contributed by atoms with Gasteiger partial charge in [0.2, 0.25) is 21.8 Å². The molecule has 9 heteroatoms. The second-order valence-electron chi connectivity index (χ2n) is 10.2. The van der Waals surface area contributed by atoms with Crippen molar-refractivity contribution in [3.8, 4) is 5.75 Å². The molecule has 0 saturated carbocycles. The molecule has 0 aliphatic carbocycles. The predicted octanol–water partition coefficient (Wildman–Crippen LogP) is 4.63. The van der Waals surface area contributed by atoms with Gasteiger partial charge in [-0.15, -0.1) is 0 Å². The average molecular weight is 580 g/mol. The van der Waals surface area contributed by atoms with Crippen LogP contribution in [-0.2, 0) is 32.6 Å². The average Bonchev–Trinajstić information content (AvgIpc) is 2.95. The Balaban J connectivity index is 2.07. The van der Waals surface area contributed by atoms with E-state index in [1.165, 1.54) is 4.90 Å². The van der Waals surface area contributed by atoms with Gasteiger partial charge in [-0.3, -0.25) is 13.9 Å². The van der Waals surface area contributed by atoms with Crippen molar-refractivity contribution in [3.63, 3.8) is 0 Å². The first-order valence-electron chi connectivity index (χ1n) is 13.8. The number of aryl methyl sites for hydroxylation is 1. The fourth-order valence-electron chi connectivity index (χ4n) is 4.63. The van der Waals surface area contributed by atoms with Crippen molar-refractivity contribution in [2.24, 2.45) is 0 Å². The second-order valence-corrected chi connectivity index (χ2v) is 12.1. The van der Waals surface area contributed by atoms with Crippen LogP contribution < -0.4 is 14.4 Å². The lowest BCUT2D eigenvalue weighted by molar-refractivity contribution is -0.140. The summed E-state index contributed by atoms with van der Waals surface area (Å²) in [5, 5.41) is 2.99. The Kier molecular flexibility index (Phi) is 11.3. The number of rotatable bonds is 14. The number of unbranched alkanes of at least 4 members (excludes halogenated alkanes) is 1. The topological polar surface area (TPSA) is 96.0 Å². The summed E-state index contributed by atoms with van der Waals surface area (Å²) in [6.07, 6.45) is 3.08. The van der Waals surface area contributed by atoms with Crippen molar-refractivity contribution in [1.29, 1.82) is 0 Å². The van der Waals surface area contributed by atoms with Gasteiger partial charge in [0.25, 0.3) is 0 Å². The molecule has 0 heterocycles. The van der Waals surface area contributed by atoms with Crippen LogP contribution in [0.25, 0.3) is 0 Å². The quantitative estimate of drug-likeness (QED) is 0.281. The number of nitrogens with one attached hydrogen (secondary N) is 1. The van der Waals surface area contributed by atoms with Gasteiger partial charge in [0.05, 0.1) is 19.1 Å². The van der Waals surface area contributed by atoms with Gasteiger partial charge in [0.1, 0.15) is 18.3 Å². The molecule has 1 N–H and O–H groups in total. The highest BCUT2D eigenvalue weighted by Crippen LogP contribution is 2.26. The zero-order chi connectivity index (χ0) is 30.0. The highest BCUT2D eigenvalue weighted by atomic mass is 32.2. The number of methoxy groups -OCH3 is 1. The van der Waals surface area contributed by atoms with E-state index in [1.807, 2.05) is 75.4 Å². The monoisotopic (exact) mass is 579 g/mol. The number of nitrogens with zero attached hydrogens (tertiary/aromatic N) is 2. The number of carbonyl (C=O) groups is 2. The summed E-state index contributed by atoms with van der Waals surface area (Å²) in [6, 6.07) is 21.3. The molecule has 0 spiro atoms. The molecule has 8 nitrogen and oxygen atoms in total. The minimum absolute atomic E-state index is 0.0964. The van der Waals surface area contributed by atoms with E-state index in [9.17, 15) is 18.0 Å². The van der Waals surface area contributed by atoms with Crippen LogP contribution in [0.15, 0.2) is 72.8 Å². The van der Waals surface area contributed by atoms with Gasteiger partial charge < -0.3 is 15.0 Å². The summed E-state index contributed by atoms with van der Waals surface area (Å²) in [4.78, 5) is 29.4. The summed E-state index contributed by atoms with van der Waals surface area (Å²) in [5.41, 5.74) is 3.77. The van der Waals surface area contributed by atoms with E-state index >= 15 is 0 Å². The first kappa shape index (κ1) is 31.7.